The molecule has 0 amide bonds. The molecule has 1 aliphatic carbocycles. The predicted octanol–water partition coefficient (Wildman–Crippen LogP) is 6.31. The van der Waals surface area contributed by atoms with Crippen LogP contribution in [0.25, 0.3) is 5.57 Å². The standard InChI is InChI=1S/C47H49N3O7S2.Na/c1-6-49(31-35-11-9-13-43(29-35)58(51,52)53)40-21-25-45(33(4)27-40)47(37-15-17-38(18-16-37)48-39-19-23-42(24-20-39)57-8-3)46-26-22-41(28-34(46)5)50(7-2)32-36-12-10-14-44(30-36)59(54,55)56;/h9-30H,6-8,31-32H2,1-5H3,(H2,51,52,53,54,55,56);/q;+1. The Balaban J connectivity index is 0.00000683. The minimum absolute atomic E-state index is 0. The molecule has 10 nitrogen and oxygen atoms in total. The average molecular weight is 855 g/mol. The summed E-state index contributed by atoms with van der Waals surface area (Å²) in [5, 5.41) is 3.48. The molecule has 0 unspecified atom stereocenters. The Morgan fingerprint density at radius 1 is 0.783 bits per heavy atom. The largest absolute Gasteiger partial charge is 1.00 e. The molecule has 1 aliphatic rings. The summed E-state index contributed by atoms with van der Waals surface area (Å²) in [5.41, 5.74) is 11.5. The van der Waals surface area contributed by atoms with Crippen LogP contribution in [0.2, 0.25) is 0 Å². The third-order valence-corrected chi connectivity index (χ3v) is 11.9. The van der Waals surface area contributed by atoms with E-state index in [1.807, 2.05) is 57.2 Å². The molecule has 0 fully saturated rings. The minimum atomic E-state index is -4.57. The molecule has 5 aromatic rings. The number of anilines is 3. The van der Waals surface area contributed by atoms with Crippen LogP contribution in [0.1, 0.15) is 55.5 Å². The normalized spacial score (nSPS) is 14.5. The molecule has 0 aromatic heterocycles. The van der Waals surface area contributed by atoms with Crippen LogP contribution >= 0.6 is 0 Å². The van der Waals surface area contributed by atoms with Gasteiger partial charge < -0.3 is 19.5 Å². The van der Waals surface area contributed by atoms with Crippen molar-refractivity contribution in [1.82, 2.24) is 0 Å². The Bertz CT molecular complexity index is 2690. The number of allylic oxidation sites excluding steroid dienone is 5. The van der Waals surface area contributed by atoms with Gasteiger partial charge in [0, 0.05) is 47.9 Å². The molecule has 60 heavy (non-hydrogen) atoms. The second-order valence-electron chi connectivity index (χ2n) is 14.3. The molecule has 13 heteroatoms. The minimum Gasteiger partial charge on any atom is -0.744 e. The monoisotopic (exact) mass is 854 g/mol. The van der Waals surface area contributed by atoms with Crippen LogP contribution in [0, 0.1) is 6.92 Å². The first-order chi connectivity index (χ1) is 28.2. The zero-order valence-corrected chi connectivity index (χ0v) is 38.5. The third kappa shape index (κ3) is 11.5. The van der Waals surface area contributed by atoms with Crippen molar-refractivity contribution in [3.05, 3.63) is 172 Å². The molecule has 2 N–H and O–H groups in total. The SMILES string of the molecule is CCOc1ccc(Nc2ccc(C(=C3C=CC(=[N+](CC)Cc4cccc(S(=O)(=O)O)c4)C=C3C)c3ccc(N(CC)Cc4cccc(S(=O)(=O)[O-])c4)cc3C)cc2)cc1.[Na+]. The number of hydrogen-bond donors (Lipinski definition) is 2. The van der Waals surface area contributed by atoms with Crippen molar-refractivity contribution in [2.75, 3.05) is 29.9 Å². The van der Waals surface area contributed by atoms with E-state index >= 15 is 0 Å². The summed E-state index contributed by atoms with van der Waals surface area (Å²) >= 11 is 0. The fraction of sp³-hybridized carbons (Fsp3) is 0.213. The van der Waals surface area contributed by atoms with E-state index in [0.29, 0.717) is 32.8 Å². The van der Waals surface area contributed by atoms with Crippen LogP contribution in [0.15, 0.2) is 154 Å². The molecule has 0 radical (unpaired) electrons. The summed E-state index contributed by atoms with van der Waals surface area (Å²) in [6.45, 7) is 13.0. The van der Waals surface area contributed by atoms with Crippen LogP contribution in [-0.2, 0) is 33.3 Å². The Labute approximate surface area is 376 Å². The van der Waals surface area contributed by atoms with Crippen molar-refractivity contribution in [2.24, 2.45) is 0 Å². The number of nitrogens with zero attached hydrogens (tertiary/aromatic N) is 2. The van der Waals surface area contributed by atoms with Gasteiger partial charge in [-0.15, -0.1) is 0 Å². The summed E-state index contributed by atoms with van der Waals surface area (Å²) < 4.78 is 76.2. The van der Waals surface area contributed by atoms with Crippen LogP contribution in [-0.4, -0.2) is 55.9 Å². The zero-order chi connectivity index (χ0) is 42.3. The van der Waals surface area contributed by atoms with E-state index < -0.39 is 20.2 Å². The Kier molecular flexibility index (Phi) is 15.6. The van der Waals surface area contributed by atoms with Gasteiger partial charge in [0.25, 0.3) is 10.1 Å². The quantitative estimate of drug-likeness (QED) is 0.0705. The topological polar surface area (TPSA) is 139 Å². The summed E-state index contributed by atoms with van der Waals surface area (Å²) in [6, 6.07) is 35.1. The van der Waals surface area contributed by atoms with E-state index in [0.717, 1.165) is 73.1 Å². The van der Waals surface area contributed by atoms with E-state index in [4.69, 9.17) is 4.74 Å². The summed E-state index contributed by atoms with van der Waals surface area (Å²) in [7, 11) is -8.90. The Morgan fingerprint density at radius 2 is 1.42 bits per heavy atom. The first-order valence-corrected chi connectivity index (χ1v) is 22.3. The maximum absolute atomic E-state index is 11.8. The summed E-state index contributed by atoms with van der Waals surface area (Å²) in [5.74, 6) is 0.815. The summed E-state index contributed by atoms with van der Waals surface area (Å²) in [4.78, 5) is 1.76. The van der Waals surface area contributed by atoms with Gasteiger partial charge in [0.1, 0.15) is 22.4 Å². The first-order valence-electron chi connectivity index (χ1n) is 19.5. The van der Waals surface area contributed by atoms with Gasteiger partial charge in [-0.3, -0.25) is 4.55 Å². The van der Waals surface area contributed by atoms with E-state index in [-0.39, 0.29) is 39.3 Å². The number of benzene rings is 5. The number of nitrogens with one attached hydrogen (secondary N) is 1. The zero-order valence-electron chi connectivity index (χ0n) is 34.8. The number of aryl methyl sites for hydroxylation is 1. The molecule has 0 atom stereocenters. The number of hydrogen-bond acceptors (Lipinski definition) is 8. The molecule has 0 heterocycles. The Morgan fingerprint density at radius 3 is 2.00 bits per heavy atom. The van der Waals surface area contributed by atoms with Crippen molar-refractivity contribution in [3.63, 3.8) is 0 Å². The Hall–Kier alpha value is -4.79. The maximum Gasteiger partial charge on any atom is 1.00 e. The molecule has 0 saturated carbocycles. The molecule has 0 saturated heterocycles. The molecule has 0 bridgehead atoms. The molecule has 306 valence electrons. The summed E-state index contributed by atoms with van der Waals surface area (Å²) in [6.07, 6.45) is 6.36. The van der Waals surface area contributed by atoms with Gasteiger partial charge in [-0.2, -0.15) is 8.42 Å². The van der Waals surface area contributed by atoms with Crippen molar-refractivity contribution < 1.29 is 64.8 Å². The maximum atomic E-state index is 11.8. The van der Waals surface area contributed by atoms with Crippen molar-refractivity contribution in [1.29, 1.82) is 0 Å². The van der Waals surface area contributed by atoms with Gasteiger partial charge in [0.05, 0.1) is 16.4 Å². The molecule has 0 aliphatic heterocycles. The molecule has 5 aromatic carbocycles. The number of ether oxygens (including phenoxy) is 1. The van der Waals surface area contributed by atoms with Crippen LogP contribution in [0.5, 0.6) is 5.75 Å². The van der Waals surface area contributed by atoms with E-state index in [9.17, 15) is 25.9 Å². The third-order valence-electron chi connectivity index (χ3n) is 10.2. The molecular weight excluding hydrogens is 806 g/mol. The average Bonchev–Trinajstić information content (AvgIpc) is 3.21. The van der Waals surface area contributed by atoms with Crippen molar-refractivity contribution >= 4 is 48.6 Å². The van der Waals surface area contributed by atoms with Gasteiger partial charge in [-0.05, 0) is 152 Å². The van der Waals surface area contributed by atoms with Crippen LogP contribution < -0.4 is 44.5 Å². The number of rotatable bonds is 15. The smallest absolute Gasteiger partial charge is 0.744 e. The van der Waals surface area contributed by atoms with E-state index in [1.54, 1.807) is 12.1 Å². The molecule has 6 rings (SSSR count). The van der Waals surface area contributed by atoms with Crippen LogP contribution in [0.3, 0.4) is 0 Å². The second kappa shape index (κ2) is 20.2. The van der Waals surface area contributed by atoms with Gasteiger partial charge in [-0.1, -0.05) is 42.5 Å². The van der Waals surface area contributed by atoms with Gasteiger partial charge in [0.15, 0.2) is 12.3 Å². The van der Waals surface area contributed by atoms with Crippen molar-refractivity contribution in [3.8, 4) is 5.75 Å². The first kappa shape index (κ1) is 46.3. The van der Waals surface area contributed by atoms with Crippen LogP contribution in [0.4, 0.5) is 17.1 Å². The fourth-order valence-electron chi connectivity index (χ4n) is 7.21. The van der Waals surface area contributed by atoms with Gasteiger partial charge in [0.2, 0.25) is 0 Å². The van der Waals surface area contributed by atoms with Crippen molar-refractivity contribution in [2.45, 2.75) is 57.5 Å². The second-order valence-corrected chi connectivity index (χ2v) is 17.1. The van der Waals surface area contributed by atoms with Gasteiger partial charge in [-0.25, -0.2) is 13.0 Å². The molecular formula is C47H49N3NaO7S2+. The molecule has 0 spiro atoms. The fourth-order valence-corrected chi connectivity index (χ4v) is 8.30. The predicted molar refractivity (Wildman–Crippen MR) is 234 cm³/mol. The van der Waals surface area contributed by atoms with E-state index in [2.05, 4.69) is 89.3 Å². The van der Waals surface area contributed by atoms with E-state index in [1.165, 1.54) is 24.3 Å². The van der Waals surface area contributed by atoms with Gasteiger partial charge >= 0.3 is 29.6 Å².